The summed E-state index contributed by atoms with van der Waals surface area (Å²) in [5, 5.41) is 12.1. The van der Waals surface area contributed by atoms with Crippen molar-refractivity contribution >= 4 is 17.8 Å². The van der Waals surface area contributed by atoms with Crippen LogP contribution in [0.2, 0.25) is 0 Å². The fraction of sp³-hybridized carbons (Fsp3) is 0.226. The maximum Gasteiger partial charge on any atom is 0.326 e. The van der Waals surface area contributed by atoms with Crippen molar-refractivity contribution in [2.75, 3.05) is 0 Å². The number of rotatable bonds is 12. The minimum absolute atomic E-state index is 0.0120. The third kappa shape index (κ3) is 7.19. The molecule has 4 rings (SSSR count). The molecule has 40 heavy (non-hydrogen) atoms. The van der Waals surface area contributed by atoms with Gasteiger partial charge in [0.2, 0.25) is 5.91 Å². The zero-order valence-electron chi connectivity index (χ0n) is 22.1. The number of aliphatic carboxylic acids is 1. The van der Waals surface area contributed by atoms with Gasteiger partial charge in [-0.1, -0.05) is 54.6 Å². The number of amides is 2. The Morgan fingerprint density at radius 1 is 1.05 bits per heavy atom. The Morgan fingerprint density at radius 2 is 1.77 bits per heavy atom. The van der Waals surface area contributed by atoms with E-state index in [0.29, 0.717) is 24.1 Å². The SMILES string of the molecule is Cc1cncn1CC(Cc1ccc(C(=O)N[C@@H](CCC(N)=O)C(=O)O)c(-c2ccccc2)c1)c1ccc(F)cc1. The van der Waals surface area contributed by atoms with Crippen LogP contribution >= 0.6 is 0 Å². The van der Waals surface area contributed by atoms with Crippen LogP contribution in [0.25, 0.3) is 11.1 Å². The minimum atomic E-state index is -1.26. The van der Waals surface area contributed by atoms with E-state index in [1.165, 1.54) is 12.1 Å². The monoisotopic (exact) mass is 542 g/mol. The number of carboxylic acids is 1. The normalized spacial score (nSPS) is 12.4. The van der Waals surface area contributed by atoms with Crippen molar-refractivity contribution in [2.24, 2.45) is 5.73 Å². The summed E-state index contributed by atoms with van der Waals surface area (Å²) in [5.41, 5.74) is 9.85. The second-order valence-electron chi connectivity index (χ2n) is 9.76. The number of primary amides is 1. The summed E-state index contributed by atoms with van der Waals surface area (Å²) in [6.07, 6.45) is 3.88. The number of nitrogens with one attached hydrogen (secondary N) is 1. The van der Waals surface area contributed by atoms with Crippen LogP contribution < -0.4 is 11.1 Å². The molecule has 0 aliphatic rings. The fourth-order valence-corrected chi connectivity index (χ4v) is 4.68. The van der Waals surface area contributed by atoms with Gasteiger partial charge < -0.3 is 20.7 Å². The van der Waals surface area contributed by atoms with Gasteiger partial charge in [0.25, 0.3) is 5.91 Å². The Hall–Kier alpha value is -4.79. The number of aromatic nitrogens is 2. The Bertz CT molecular complexity index is 1480. The molecule has 8 nitrogen and oxygen atoms in total. The van der Waals surface area contributed by atoms with E-state index in [1.54, 1.807) is 30.7 Å². The Labute approximate surface area is 231 Å². The average molecular weight is 543 g/mol. The first-order chi connectivity index (χ1) is 19.2. The fourth-order valence-electron chi connectivity index (χ4n) is 4.68. The van der Waals surface area contributed by atoms with E-state index in [-0.39, 0.29) is 24.6 Å². The lowest BCUT2D eigenvalue weighted by Gasteiger charge is -2.21. The zero-order valence-corrected chi connectivity index (χ0v) is 22.1. The maximum absolute atomic E-state index is 13.7. The molecule has 1 unspecified atom stereocenters. The third-order valence-corrected chi connectivity index (χ3v) is 6.86. The van der Waals surface area contributed by atoms with Crippen molar-refractivity contribution in [1.82, 2.24) is 14.9 Å². The molecule has 3 aromatic carbocycles. The lowest BCUT2D eigenvalue weighted by atomic mass is 9.89. The van der Waals surface area contributed by atoms with Crippen LogP contribution in [0.1, 0.15) is 45.9 Å². The summed E-state index contributed by atoms with van der Waals surface area (Å²) < 4.78 is 15.7. The summed E-state index contributed by atoms with van der Waals surface area (Å²) in [6.45, 7) is 2.60. The van der Waals surface area contributed by atoms with Gasteiger partial charge in [-0.2, -0.15) is 0 Å². The molecule has 2 amide bonds. The van der Waals surface area contributed by atoms with Crippen LogP contribution in [0.4, 0.5) is 4.39 Å². The summed E-state index contributed by atoms with van der Waals surface area (Å²) in [5.74, 6) is -2.77. The summed E-state index contributed by atoms with van der Waals surface area (Å²) in [4.78, 5) is 40.4. The maximum atomic E-state index is 13.7. The lowest BCUT2D eigenvalue weighted by molar-refractivity contribution is -0.139. The smallest absolute Gasteiger partial charge is 0.326 e. The number of benzene rings is 3. The highest BCUT2D eigenvalue weighted by atomic mass is 19.1. The van der Waals surface area contributed by atoms with Crippen LogP contribution in [0.3, 0.4) is 0 Å². The molecule has 0 aliphatic heterocycles. The molecule has 0 bridgehead atoms. The molecule has 9 heteroatoms. The number of nitrogens with two attached hydrogens (primary N) is 1. The van der Waals surface area contributed by atoms with E-state index in [9.17, 15) is 23.9 Å². The highest BCUT2D eigenvalue weighted by Crippen LogP contribution is 2.29. The van der Waals surface area contributed by atoms with Crippen LogP contribution in [-0.4, -0.2) is 38.5 Å². The Kier molecular flexibility index (Phi) is 9.06. The molecule has 0 saturated carbocycles. The summed E-state index contributed by atoms with van der Waals surface area (Å²) >= 11 is 0. The molecule has 2 atom stereocenters. The summed E-state index contributed by atoms with van der Waals surface area (Å²) in [7, 11) is 0. The molecular formula is C31H31FN4O4. The van der Waals surface area contributed by atoms with Gasteiger partial charge >= 0.3 is 5.97 Å². The first kappa shape index (κ1) is 28.2. The van der Waals surface area contributed by atoms with E-state index in [0.717, 1.165) is 22.4 Å². The number of imidazole rings is 1. The van der Waals surface area contributed by atoms with Crippen molar-refractivity contribution in [3.8, 4) is 11.1 Å². The number of halogens is 1. The number of hydrogen-bond donors (Lipinski definition) is 3. The number of carbonyl (C=O) groups excluding carboxylic acids is 2. The van der Waals surface area contributed by atoms with Crippen LogP contribution in [0.15, 0.2) is 85.3 Å². The molecule has 0 fully saturated rings. The topological polar surface area (TPSA) is 127 Å². The highest BCUT2D eigenvalue weighted by Gasteiger charge is 2.24. The standard InChI is InChI=1S/C31H31FN4O4/c1-20-17-34-19-36(20)18-24(22-8-10-25(32)11-9-22)15-21-7-12-26(27(16-21)23-5-3-2-4-6-23)30(38)35-28(31(39)40)13-14-29(33)37/h2-12,16-17,19,24,28H,13-15,18H2,1H3,(H2,33,37)(H,35,38)(H,39,40)/t24?,28-/m0/s1. The van der Waals surface area contributed by atoms with Crippen LogP contribution in [-0.2, 0) is 22.6 Å². The quantitative estimate of drug-likeness (QED) is 0.243. The molecule has 0 aliphatic carbocycles. The van der Waals surface area contributed by atoms with Crippen LogP contribution in [0, 0.1) is 12.7 Å². The highest BCUT2D eigenvalue weighted by molar-refractivity contribution is 6.02. The largest absolute Gasteiger partial charge is 0.480 e. The van der Waals surface area contributed by atoms with E-state index in [4.69, 9.17) is 5.73 Å². The zero-order chi connectivity index (χ0) is 28.6. The van der Waals surface area contributed by atoms with Crippen molar-refractivity contribution < 1.29 is 23.9 Å². The van der Waals surface area contributed by atoms with Gasteiger partial charge in [-0.3, -0.25) is 9.59 Å². The Balaban J connectivity index is 1.67. The molecule has 0 radical (unpaired) electrons. The van der Waals surface area contributed by atoms with Gasteiger partial charge in [0.05, 0.1) is 6.33 Å². The van der Waals surface area contributed by atoms with Gasteiger partial charge in [0.1, 0.15) is 11.9 Å². The summed E-state index contributed by atoms with van der Waals surface area (Å²) in [6, 6.07) is 20.0. The van der Waals surface area contributed by atoms with Crippen molar-refractivity contribution in [2.45, 2.75) is 44.7 Å². The molecule has 1 aromatic heterocycles. The first-order valence-electron chi connectivity index (χ1n) is 12.9. The van der Waals surface area contributed by atoms with E-state index in [1.807, 2.05) is 54.0 Å². The van der Waals surface area contributed by atoms with Gasteiger partial charge in [0, 0.05) is 36.3 Å². The van der Waals surface area contributed by atoms with Gasteiger partial charge in [-0.25, -0.2) is 14.2 Å². The number of aryl methyl sites for hydroxylation is 1. The number of nitrogens with zero attached hydrogens (tertiary/aromatic N) is 2. The first-order valence-corrected chi connectivity index (χ1v) is 12.9. The van der Waals surface area contributed by atoms with E-state index < -0.39 is 23.8 Å². The lowest BCUT2D eigenvalue weighted by Crippen LogP contribution is -2.41. The second-order valence-corrected chi connectivity index (χ2v) is 9.76. The van der Waals surface area contributed by atoms with Crippen molar-refractivity contribution in [3.63, 3.8) is 0 Å². The van der Waals surface area contributed by atoms with Crippen LogP contribution in [0.5, 0.6) is 0 Å². The molecule has 206 valence electrons. The number of hydrogen-bond acceptors (Lipinski definition) is 4. The van der Waals surface area contributed by atoms with Gasteiger partial charge in [0.15, 0.2) is 0 Å². The Morgan fingerprint density at radius 3 is 2.40 bits per heavy atom. The molecule has 4 N–H and O–H groups in total. The molecule has 4 aromatic rings. The molecule has 1 heterocycles. The predicted octanol–water partition coefficient (Wildman–Crippen LogP) is 4.47. The van der Waals surface area contributed by atoms with Gasteiger partial charge in [-0.05, 0) is 60.2 Å². The van der Waals surface area contributed by atoms with Crippen molar-refractivity contribution in [3.05, 3.63) is 114 Å². The molecule has 0 spiro atoms. The minimum Gasteiger partial charge on any atom is -0.480 e. The number of carbonyl (C=O) groups is 3. The van der Waals surface area contributed by atoms with Crippen molar-refractivity contribution in [1.29, 1.82) is 0 Å². The third-order valence-electron chi connectivity index (χ3n) is 6.86. The number of carboxylic acid groups (broad SMARTS) is 1. The average Bonchev–Trinajstić information content (AvgIpc) is 3.35. The molecule has 0 saturated heterocycles. The van der Waals surface area contributed by atoms with E-state index in [2.05, 4.69) is 10.3 Å². The van der Waals surface area contributed by atoms with Gasteiger partial charge in [-0.15, -0.1) is 0 Å². The second kappa shape index (κ2) is 12.8. The van der Waals surface area contributed by atoms with E-state index >= 15 is 0 Å². The predicted molar refractivity (Wildman–Crippen MR) is 149 cm³/mol. The molecular weight excluding hydrogens is 511 g/mol.